The van der Waals surface area contributed by atoms with Gasteiger partial charge in [-0.2, -0.15) is 10.2 Å². The number of rotatable bonds is 6. The number of ether oxygens (including phenoxy) is 1. The van der Waals surface area contributed by atoms with Crippen molar-refractivity contribution in [3.63, 3.8) is 0 Å². The lowest BCUT2D eigenvalue weighted by atomic mass is 10.2. The molecule has 1 aromatic carbocycles. The van der Waals surface area contributed by atoms with Crippen molar-refractivity contribution < 1.29 is 14.6 Å². The molecule has 3 N–H and O–H groups in total. The van der Waals surface area contributed by atoms with Crippen LogP contribution in [0, 0.1) is 0 Å². The number of aryl methyl sites for hydroxylation is 1. The minimum Gasteiger partial charge on any atom is -0.504 e. The highest BCUT2D eigenvalue weighted by Crippen LogP contribution is 2.26. The molecule has 2 heterocycles. The van der Waals surface area contributed by atoms with Crippen LogP contribution < -0.4 is 10.2 Å². The maximum atomic E-state index is 12.2. The standard InChI is InChI=1S/C18H19N5O3/c1-3-26-17-9-12(6-7-16(17)24)11-19-22-18(25)14-10-13(20-21-14)15-5-4-8-23(15)2/h4-11,24H,3H2,1-2H3,(H,20,21)(H,22,25). The van der Waals surface area contributed by atoms with E-state index in [1.807, 2.05) is 36.9 Å². The van der Waals surface area contributed by atoms with Crippen LogP contribution >= 0.6 is 0 Å². The van der Waals surface area contributed by atoms with E-state index in [-0.39, 0.29) is 5.75 Å². The number of carbonyl (C=O) groups is 1. The summed E-state index contributed by atoms with van der Waals surface area (Å²) in [6.45, 7) is 2.27. The molecule has 0 bridgehead atoms. The molecule has 0 aliphatic carbocycles. The molecule has 0 radical (unpaired) electrons. The number of phenols is 1. The molecule has 0 saturated heterocycles. The van der Waals surface area contributed by atoms with Crippen molar-refractivity contribution in [2.75, 3.05) is 6.61 Å². The number of hydrogen-bond donors (Lipinski definition) is 3. The smallest absolute Gasteiger partial charge is 0.289 e. The van der Waals surface area contributed by atoms with Crippen molar-refractivity contribution in [3.8, 4) is 22.9 Å². The monoisotopic (exact) mass is 353 g/mol. The van der Waals surface area contributed by atoms with E-state index in [1.54, 1.807) is 18.2 Å². The molecular formula is C18H19N5O3. The molecule has 1 amide bonds. The van der Waals surface area contributed by atoms with Gasteiger partial charge in [0.05, 0.1) is 18.5 Å². The number of benzene rings is 1. The third kappa shape index (κ3) is 3.75. The Morgan fingerprint density at radius 1 is 1.42 bits per heavy atom. The maximum absolute atomic E-state index is 12.2. The predicted octanol–water partition coefficient (Wildman–Crippen LogP) is 2.28. The summed E-state index contributed by atoms with van der Waals surface area (Å²) in [5, 5.41) is 20.4. The van der Waals surface area contributed by atoms with Gasteiger partial charge < -0.3 is 14.4 Å². The van der Waals surface area contributed by atoms with Crippen molar-refractivity contribution in [2.24, 2.45) is 12.1 Å². The van der Waals surface area contributed by atoms with Crippen LogP contribution in [0.3, 0.4) is 0 Å². The van der Waals surface area contributed by atoms with Gasteiger partial charge in [-0.1, -0.05) is 0 Å². The first-order valence-electron chi connectivity index (χ1n) is 8.05. The van der Waals surface area contributed by atoms with Crippen LogP contribution in [0.4, 0.5) is 0 Å². The molecule has 26 heavy (non-hydrogen) atoms. The van der Waals surface area contributed by atoms with E-state index >= 15 is 0 Å². The topological polar surface area (TPSA) is 105 Å². The highest BCUT2D eigenvalue weighted by Gasteiger charge is 2.11. The van der Waals surface area contributed by atoms with E-state index in [4.69, 9.17) is 4.74 Å². The van der Waals surface area contributed by atoms with E-state index in [9.17, 15) is 9.90 Å². The third-order valence-corrected chi connectivity index (χ3v) is 3.69. The molecule has 0 spiro atoms. The Labute approximate surface area is 150 Å². The Bertz CT molecular complexity index is 942. The second-order valence-electron chi connectivity index (χ2n) is 5.53. The second kappa shape index (κ2) is 7.56. The third-order valence-electron chi connectivity index (χ3n) is 3.69. The zero-order valence-electron chi connectivity index (χ0n) is 14.4. The fourth-order valence-corrected chi connectivity index (χ4v) is 2.40. The van der Waals surface area contributed by atoms with Crippen LogP contribution in [0.5, 0.6) is 11.5 Å². The van der Waals surface area contributed by atoms with Crippen molar-refractivity contribution >= 4 is 12.1 Å². The zero-order valence-corrected chi connectivity index (χ0v) is 14.4. The summed E-state index contributed by atoms with van der Waals surface area (Å²) in [7, 11) is 1.90. The number of nitrogens with one attached hydrogen (secondary N) is 2. The van der Waals surface area contributed by atoms with Gasteiger partial charge in [-0.3, -0.25) is 9.89 Å². The van der Waals surface area contributed by atoms with E-state index in [2.05, 4.69) is 20.7 Å². The molecule has 3 rings (SSSR count). The summed E-state index contributed by atoms with van der Waals surface area (Å²) >= 11 is 0. The van der Waals surface area contributed by atoms with Gasteiger partial charge in [0, 0.05) is 13.2 Å². The summed E-state index contributed by atoms with van der Waals surface area (Å²) in [6.07, 6.45) is 3.37. The Balaban J connectivity index is 1.66. The van der Waals surface area contributed by atoms with Gasteiger partial charge in [-0.25, -0.2) is 5.43 Å². The lowest BCUT2D eigenvalue weighted by Gasteiger charge is -2.05. The number of carbonyl (C=O) groups excluding carboxylic acids is 1. The largest absolute Gasteiger partial charge is 0.504 e. The van der Waals surface area contributed by atoms with Crippen molar-refractivity contribution in [2.45, 2.75) is 6.92 Å². The molecule has 0 unspecified atom stereocenters. The van der Waals surface area contributed by atoms with Crippen LogP contribution in [0.2, 0.25) is 0 Å². The Kier molecular flexibility index (Phi) is 5.02. The number of aromatic nitrogens is 3. The van der Waals surface area contributed by atoms with Gasteiger partial charge in [0.15, 0.2) is 11.5 Å². The molecular weight excluding hydrogens is 334 g/mol. The van der Waals surface area contributed by atoms with E-state index < -0.39 is 5.91 Å². The molecule has 8 nitrogen and oxygen atoms in total. The summed E-state index contributed by atoms with van der Waals surface area (Å²) < 4.78 is 7.22. The predicted molar refractivity (Wildman–Crippen MR) is 97.3 cm³/mol. The molecule has 8 heteroatoms. The van der Waals surface area contributed by atoms with Crippen molar-refractivity contribution in [1.29, 1.82) is 0 Å². The molecule has 2 aromatic heterocycles. The van der Waals surface area contributed by atoms with E-state index in [1.165, 1.54) is 12.3 Å². The van der Waals surface area contributed by atoms with Crippen molar-refractivity contribution in [1.82, 2.24) is 20.2 Å². The van der Waals surface area contributed by atoms with Crippen LogP contribution in [-0.2, 0) is 7.05 Å². The van der Waals surface area contributed by atoms with E-state index in [0.29, 0.717) is 29.3 Å². The fraction of sp³-hybridized carbons (Fsp3) is 0.167. The quantitative estimate of drug-likeness (QED) is 0.467. The summed E-state index contributed by atoms with van der Waals surface area (Å²) in [5.41, 5.74) is 4.99. The fourth-order valence-electron chi connectivity index (χ4n) is 2.40. The lowest BCUT2D eigenvalue weighted by molar-refractivity contribution is 0.0950. The number of amides is 1. The van der Waals surface area contributed by atoms with Crippen LogP contribution in [-0.4, -0.2) is 38.6 Å². The second-order valence-corrected chi connectivity index (χ2v) is 5.53. The Hall–Kier alpha value is -3.55. The highest BCUT2D eigenvalue weighted by atomic mass is 16.5. The van der Waals surface area contributed by atoms with Crippen molar-refractivity contribution in [3.05, 3.63) is 53.9 Å². The average molecular weight is 353 g/mol. The van der Waals surface area contributed by atoms with Gasteiger partial charge in [0.2, 0.25) is 0 Å². The SMILES string of the molecule is CCOc1cc(C=NNC(=O)c2cc(-c3cccn3C)n[nH]2)ccc1O. The van der Waals surface area contributed by atoms with Gasteiger partial charge in [0.1, 0.15) is 11.4 Å². The zero-order chi connectivity index (χ0) is 18.5. The number of aromatic amines is 1. The lowest BCUT2D eigenvalue weighted by Crippen LogP contribution is -2.18. The Morgan fingerprint density at radius 2 is 2.27 bits per heavy atom. The van der Waals surface area contributed by atoms with Crippen LogP contribution in [0.15, 0.2) is 47.7 Å². The Morgan fingerprint density at radius 3 is 3.00 bits per heavy atom. The van der Waals surface area contributed by atoms with Crippen LogP contribution in [0.25, 0.3) is 11.4 Å². The maximum Gasteiger partial charge on any atom is 0.289 e. The molecule has 134 valence electrons. The molecule has 0 atom stereocenters. The molecule has 0 aliphatic heterocycles. The molecule has 0 fully saturated rings. The van der Waals surface area contributed by atoms with Gasteiger partial charge in [0.25, 0.3) is 5.91 Å². The molecule has 3 aromatic rings. The number of aromatic hydroxyl groups is 1. The number of H-pyrrole nitrogens is 1. The minimum absolute atomic E-state index is 0.0544. The normalized spacial score (nSPS) is 11.0. The van der Waals surface area contributed by atoms with Gasteiger partial charge >= 0.3 is 0 Å². The first-order chi connectivity index (χ1) is 12.6. The number of phenolic OH excluding ortho intramolecular Hbond substituents is 1. The highest BCUT2D eigenvalue weighted by molar-refractivity contribution is 5.94. The summed E-state index contributed by atoms with van der Waals surface area (Å²) in [6, 6.07) is 10.3. The molecule has 0 saturated carbocycles. The number of hydrazone groups is 1. The number of nitrogens with zero attached hydrogens (tertiary/aromatic N) is 3. The summed E-state index contributed by atoms with van der Waals surface area (Å²) in [4.78, 5) is 12.2. The van der Waals surface area contributed by atoms with Crippen LogP contribution in [0.1, 0.15) is 23.0 Å². The van der Waals surface area contributed by atoms with Gasteiger partial charge in [-0.05, 0) is 48.9 Å². The number of hydrogen-bond acceptors (Lipinski definition) is 5. The van der Waals surface area contributed by atoms with Gasteiger partial charge in [-0.15, -0.1) is 0 Å². The first kappa shape index (κ1) is 17.3. The molecule has 0 aliphatic rings. The minimum atomic E-state index is -0.405. The van der Waals surface area contributed by atoms with E-state index in [0.717, 1.165) is 5.69 Å². The first-order valence-corrected chi connectivity index (χ1v) is 8.05. The average Bonchev–Trinajstić information content (AvgIpc) is 3.26. The summed E-state index contributed by atoms with van der Waals surface area (Å²) in [5.74, 6) is 0.0141.